The lowest BCUT2D eigenvalue weighted by Gasteiger charge is -2.32. The van der Waals surface area contributed by atoms with Gasteiger partial charge in [-0.1, -0.05) is 30.3 Å². The summed E-state index contributed by atoms with van der Waals surface area (Å²) in [5.74, 6) is 0.981. The van der Waals surface area contributed by atoms with Crippen molar-refractivity contribution in [1.29, 1.82) is 0 Å². The van der Waals surface area contributed by atoms with Gasteiger partial charge in [0.1, 0.15) is 5.03 Å². The van der Waals surface area contributed by atoms with Gasteiger partial charge in [-0.3, -0.25) is 9.59 Å². The predicted octanol–water partition coefficient (Wildman–Crippen LogP) is 3.60. The van der Waals surface area contributed by atoms with Crippen molar-refractivity contribution in [2.45, 2.75) is 31.2 Å². The lowest BCUT2D eigenvalue weighted by molar-refractivity contribution is -0.125. The minimum absolute atomic E-state index is 0.0160. The lowest BCUT2D eigenvalue weighted by atomic mass is 9.97. The molecule has 0 spiro atoms. The van der Waals surface area contributed by atoms with Crippen molar-refractivity contribution in [1.82, 2.24) is 15.5 Å². The SMILES string of the molecule is CCCNC(=O)C1CCCN(c2ccc(SCC(=O)Nc3ccc(Cl)cc3)nn2)C1. The highest BCUT2D eigenvalue weighted by atomic mass is 35.5. The zero-order valence-corrected chi connectivity index (χ0v) is 18.5. The van der Waals surface area contributed by atoms with E-state index in [1.165, 1.54) is 11.8 Å². The molecule has 1 aromatic carbocycles. The summed E-state index contributed by atoms with van der Waals surface area (Å²) in [5.41, 5.74) is 0.703. The Morgan fingerprint density at radius 1 is 1.20 bits per heavy atom. The fraction of sp³-hybridized carbons (Fsp3) is 0.429. The predicted molar refractivity (Wildman–Crippen MR) is 121 cm³/mol. The minimum Gasteiger partial charge on any atom is -0.356 e. The van der Waals surface area contributed by atoms with E-state index in [2.05, 4.69) is 25.7 Å². The molecule has 2 N–H and O–H groups in total. The van der Waals surface area contributed by atoms with Gasteiger partial charge in [0, 0.05) is 30.3 Å². The summed E-state index contributed by atoms with van der Waals surface area (Å²) in [6, 6.07) is 10.7. The summed E-state index contributed by atoms with van der Waals surface area (Å²) in [6.45, 7) is 4.28. The number of nitrogens with zero attached hydrogens (tertiary/aromatic N) is 3. The van der Waals surface area contributed by atoms with Crippen molar-refractivity contribution >= 4 is 46.7 Å². The normalized spacial score (nSPS) is 16.2. The summed E-state index contributed by atoms with van der Waals surface area (Å²) in [6.07, 6.45) is 2.79. The number of carbonyl (C=O) groups is 2. The molecule has 7 nitrogen and oxygen atoms in total. The van der Waals surface area contributed by atoms with Crippen LogP contribution < -0.4 is 15.5 Å². The molecule has 1 aliphatic rings. The van der Waals surface area contributed by atoms with Crippen LogP contribution >= 0.6 is 23.4 Å². The van der Waals surface area contributed by atoms with Crippen LogP contribution in [-0.2, 0) is 9.59 Å². The number of carbonyl (C=O) groups excluding carboxylic acids is 2. The molecule has 3 rings (SSSR count). The van der Waals surface area contributed by atoms with Crippen LogP contribution in [0.25, 0.3) is 0 Å². The van der Waals surface area contributed by atoms with Gasteiger partial charge in [-0.2, -0.15) is 0 Å². The first-order valence-corrected chi connectivity index (χ1v) is 11.5. The van der Waals surface area contributed by atoms with Gasteiger partial charge in [-0.25, -0.2) is 0 Å². The van der Waals surface area contributed by atoms with E-state index in [9.17, 15) is 9.59 Å². The van der Waals surface area contributed by atoms with Crippen LogP contribution in [0.2, 0.25) is 5.02 Å². The molecule has 160 valence electrons. The average molecular weight is 448 g/mol. The number of piperidine rings is 1. The summed E-state index contributed by atoms with van der Waals surface area (Å²) in [5, 5.41) is 15.6. The van der Waals surface area contributed by atoms with Crippen LogP contribution in [0.3, 0.4) is 0 Å². The molecule has 1 aromatic heterocycles. The first-order valence-electron chi connectivity index (χ1n) is 10.1. The van der Waals surface area contributed by atoms with Gasteiger partial charge >= 0.3 is 0 Å². The summed E-state index contributed by atoms with van der Waals surface area (Å²) >= 11 is 7.17. The Morgan fingerprint density at radius 3 is 2.70 bits per heavy atom. The number of anilines is 2. The first kappa shape index (κ1) is 22.4. The number of hydrogen-bond donors (Lipinski definition) is 2. The molecule has 2 aromatic rings. The number of thioether (sulfide) groups is 1. The molecular weight excluding hydrogens is 422 g/mol. The third-order valence-corrected chi connectivity index (χ3v) is 5.94. The maximum atomic E-state index is 12.3. The van der Waals surface area contributed by atoms with Crippen molar-refractivity contribution in [3.8, 4) is 0 Å². The monoisotopic (exact) mass is 447 g/mol. The standard InChI is InChI=1S/C21H26ClN5O2S/c1-2-11-23-21(29)15-4-3-12-27(13-15)18-9-10-20(26-25-18)30-14-19(28)24-17-7-5-16(22)6-8-17/h5-10,15H,2-4,11-14H2,1H3,(H,23,29)(H,24,28). The van der Waals surface area contributed by atoms with Crippen LogP contribution in [-0.4, -0.2) is 47.4 Å². The smallest absolute Gasteiger partial charge is 0.234 e. The molecule has 1 fully saturated rings. The van der Waals surface area contributed by atoms with Crippen LogP contribution in [0, 0.1) is 5.92 Å². The second kappa shape index (κ2) is 11.2. The Hall–Kier alpha value is -2.32. The molecule has 0 saturated carbocycles. The van der Waals surface area contributed by atoms with Crippen LogP contribution in [0.15, 0.2) is 41.4 Å². The summed E-state index contributed by atoms with van der Waals surface area (Å²) in [4.78, 5) is 26.5. The van der Waals surface area contributed by atoms with Crippen molar-refractivity contribution in [3.05, 3.63) is 41.4 Å². The number of rotatable bonds is 8. The van der Waals surface area contributed by atoms with E-state index in [-0.39, 0.29) is 23.5 Å². The van der Waals surface area contributed by atoms with Crippen LogP contribution in [0.5, 0.6) is 0 Å². The first-order chi connectivity index (χ1) is 14.5. The van der Waals surface area contributed by atoms with E-state index in [4.69, 9.17) is 11.6 Å². The van der Waals surface area contributed by atoms with E-state index < -0.39 is 0 Å². The molecule has 30 heavy (non-hydrogen) atoms. The van der Waals surface area contributed by atoms with Crippen LogP contribution in [0.4, 0.5) is 11.5 Å². The van der Waals surface area contributed by atoms with Gasteiger partial charge in [-0.05, 0) is 55.7 Å². The molecule has 0 aliphatic carbocycles. The molecular formula is C21H26ClN5O2S. The second-order valence-corrected chi connectivity index (χ2v) is 8.58. The summed E-state index contributed by atoms with van der Waals surface area (Å²) < 4.78 is 0. The maximum Gasteiger partial charge on any atom is 0.234 e. The van der Waals surface area contributed by atoms with Gasteiger partial charge in [-0.15, -0.1) is 10.2 Å². The molecule has 2 amide bonds. The van der Waals surface area contributed by atoms with Gasteiger partial charge in [0.2, 0.25) is 11.8 Å². The second-order valence-electron chi connectivity index (χ2n) is 7.15. The van der Waals surface area contributed by atoms with Crippen molar-refractivity contribution in [3.63, 3.8) is 0 Å². The van der Waals surface area contributed by atoms with Crippen molar-refractivity contribution in [2.24, 2.45) is 5.92 Å². The highest BCUT2D eigenvalue weighted by molar-refractivity contribution is 7.99. The fourth-order valence-electron chi connectivity index (χ4n) is 3.22. The van der Waals surface area contributed by atoms with E-state index >= 15 is 0 Å². The molecule has 1 aliphatic heterocycles. The topological polar surface area (TPSA) is 87.2 Å². The van der Waals surface area contributed by atoms with Crippen LogP contribution in [0.1, 0.15) is 26.2 Å². The molecule has 0 radical (unpaired) electrons. The number of hydrogen-bond acceptors (Lipinski definition) is 6. The quantitative estimate of drug-likeness (QED) is 0.601. The Balaban J connectivity index is 1.48. The van der Waals surface area contributed by atoms with Crippen molar-refractivity contribution in [2.75, 3.05) is 35.6 Å². The molecule has 0 bridgehead atoms. The Morgan fingerprint density at radius 2 is 2.00 bits per heavy atom. The number of halogens is 1. The molecule has 1 unspecified atom stereocenters. The van der Waals surface area contributed by atoms with E-state index in [0.717, 1.165) is 31.6 Å². The average Bonchev–Trinajstić information content (AvgIpc) is 2.78. The number of nitrogens with one attached hydrogen (secondary N) is 2. The molecule has 9 heteroatoms. The van der Waals surface area contributed by atoms with Gasteiger partial charge in [0.15, 0.2) is 5.82 Å². The highest BCUT2D eigenvalue weighted by Crippen LogP contribution is 2.23. The Bertz CT molecular complexity index is 847. The number of amides is 2. The minimum atomic E-state index is -0.120. The third kappa shape index (κ3) is 6.60. The Labute approximate surface area is 186 Å². The van der Waals surface area contributed by atoms with Gasteiger partial charge in [0.25, 0.3) is 0 Å². The zero-order valence-electron chi connectivity index (χ0n) is 16.9. The largest absolute Gasteiger partial charge is 0.356 e. The lowest BCUT2D eigenvalue weighted by Crippen LogP contribution is -2.43. The van der Waals surface area contributed by atoms with Gasteiger partial charge in [0.05, 0.1) is 11.7 Å². The van der Waals surface area contributed by atoms with Crippen molar-refractivity contribution < 1.29 is 9.59 Å². The highest BCUT2D eigenvalue weighted by Gasteiger charge is 2.26. The van der Waals surface area contributed by atoms with E-state index in [1.54, 1.807) is 24.3 Å². The van der Waals surface area contributed by atoms with E-state index in [1.807, 2.05) is 19.1 Å². The fourth-order valence-corrected chi connectivity index (χ4v) is 3.96. The molecule has 1 atom stereocenters. The summed E-state index contributed by atoms with van der Waals surface area (Å²) in [7, 11) is 0. The molecule has 2 heterocycles. The number of aromatic nitrogens is 2. The third-order valence-electron chi connectivity index (χ3n) is 4.77. The molecule has 1 saturated heterocycles. The van der Waals surface area contributed by atoms with E-state index in [0.29, 0.717) is 28.8 Å². The number of benzene rings is 1. The van der Waals surface area contributed by atoms with Gasteiger partial charge < -0.3 is 15.5 Å². The maximum absolute atomic E-state index is 12.3. The Kier molecular flexibility index (Phi) is 8.33. The zero-order chi connectivity index (χ0) is 21.3.